The van der Waals surface area contributed by atoms with Crippen molar-refractivity contribution < 1.29 is 33.4 Å². The third-order valence-corrected chi connectivity index (χ3v) is 7.36. The zero-order valence-corrected chi connectivity index (χ0v) is 25.1. The molecule has 4 rings (SSSR count). The van der Waals surface area contributed by atoms with Gasteiger partial charge in [0.15, 0.2) is 0 Å². The fourth-order valence-corrected chi connectivity index (χ4v) is 5.29. The molecule has 1 aromatic heterocycles. The van der Waals surface area contributed by atoms with Gasteiger partial charge in [0, 0.05) is 36.0 Å². The number of methoxy groups -OCH3 is 1. The molecule has 0 radical (unpaired) electrons. The summed E-state index contributed by atoms with van der Waals surface area (Å²) in [4.78, 5) is 57.9. The molecule has 0 bridgehead atoms. The first kappa shape index (κ1) is 31.2. The van der Waals surface area contributed by atoms with E-state index in [9.17, 15) is 19.2 Å². The number of aromatic nitrogens is 1. The molecule has 1 aliphatic carbocycles. The summed E-state index contributed by atoms with van der Waals surface area (Å²) >= 11 is 5.89. The van der Waals surface area contributed by atoms with Crippen LogP contribution in [-0.4, -0.2) is 78.1 Å². The molecule has 2 aromatic rings. The molecule has 0 atom stereocenters. The molecule has 0 unspecified atom stereocenters. The van der Waals surface area contributed by atoms with Gasteiger partial charge >= 0.3 is 5.97 Å². The lowest BCUT2D eigenvalue weighted by molar-refractivity contribution is -0.146. The van der Waals surface area contributed by atoms with Crippen molar-refractivity contribution in [3.05, 3.63) is 52.2 Å². The number of pyridine rings is 1. The molecule has 2 heterocycles. The van der Waals surface area contributed by atoms with E-state index in [1.54, 1.807) is 32.9 Å². The van der Waals surface area contributed by atoms with E-state index in [0.717, 1.165) is 12.8 Å². The molecule has 2 fully saturated rings. The zero-order chi connectivity index (χ0) is 30.4. The topological polar surface area (TPSA) is 136 Å². The Morgan fingerprint density at radius 2 is 1.88 bits per heavy atom. The highest BCUT2D eigenvalue weighted by molar-refractivity contribution is 6.30. The fraction of sp³-hybridized carbons (Fsp3) is 0.500. The predicted octanol–water partition coefficient (Wildman–Crippen LogP) is 3.78. The second kappa shape index (κ2) is 13.5. The van der Waals surface area contributed by atoms with Crippen molar-refractivity contribution in [2.45, 2.75) is 70.6 Å². The second-order valence-electron chi connectivity index (χ2n) is 11.4. The lowest BCUT2D eigenvalue weighted by atomic mass is 9.89. The van der Waals surface area contributed by atoms with Gasteiger partial charge in [-0.25, -0.2) is 9.78 Å². The van der Waals surface area contributed by atoms with Crippen molar-refractivity contribution in [1.82, 2.24) is 15.2 Å². The molecule has 42 heavy (non-hydrogen) atoms. The van der Waals surface area contributed by atoms with Gasteiger partial charge in [-0.05, 0) is 70.7 Å². The van der Waals surface area contributed by atoms with Gasteiger partial charge in [0.25, 0.3) is 5.91 Å². The van der Waals surface area contributed by atoms with Crippen molar-refractivity contribution in [1.29, 1.82) is 0 Å². The van der Waals surface area contributed by atoms with Crippen molar-refractivity contribution in [3.63, 3.8) is 0 Å². The number of halogens is 1. The van der Waals surface area contributed by atoms with Crippen LogP contribution in [0.4, 0.5) is 5.82 Å². The molecule has 1 aromatic carbocycles. The maximum Gasteiger partial charge on any atom is 0.338 e. The number of anilines is 1. The molecule has 1 aliphatic heterocycles. The van der Waals surface area contributed by atoms with Gasteiger partial charge in [-0.15, -0.1) is 0 Å². The monoisotopic (exact) mass is 600 g/mol. The Balaban J connectivity index is 1.55. The first-order chi connectivity index (χ1) is 19.9. The Kier molecular flexibility index (Phi) is 10.1. The number of carbonyl (C=O) groups excluding carboxylic acids is 4. The van der Waals surface area contributed by atoms with Crippen LogP contribution in [0.2, 0.25) is 5.02 Å². The third kappa shape index (κ3) is 8.19. The number of morpholine rings is 1. The van der Waals surface area contributed by atoms with E-state index in [1.165, 1.54) is 25.4 Å². The highest BCUT2D eigenvalue weighted by Gasteiger charge is 2.32. The molecular formula is C30H37ClN4O7. The van der Waals surface area contributed by atoms with Gasteiger partial charge in [0.05, 0.1) is 30.7 Å². The molecule has 3 amide bonds. The number of hydrogen-bond acceptors (Lipinski definition) is 8. The van der Waals surface area contributed by atoms with E-state index in [4.69, 9.17) is 25.8 Å². The SMILES string of the molecule is COc1cc(C(=O)OC(C)(C)C)cc(C(=O)NC2CCC(N3CCOCC3=O)CC2)c1CC(=O)Nc1ccc(Cl)cn1. The first-order valence-corrected chi connectivity index (χ1v) is 14.3. The number of nitrogens with zero attached hydrogens (tertiary/aromatic N) is 2. The summed E-state index contributed by atoms with van der Waals surface area (Å²) in [5, 5.41) is 6.20. The van der Waals surface area contributed by atoms with Crippen LogP contribution in [0.5, 0.6) is 5.75 Å². The van der Waals surface area contributed by atoms with Crippen LogP contribution >= 0.6 is 11.6 Å². The summed E-state index contributed by atoms with van der Waals surface area (Å²) in [7, 11) is 1.41. The van der Waals surface area contributed by atoms with Crippen molar-refractivity contribution in [3.8, 4) is 5.75 Å². The lowest BCUT2D eigenvalue weighted by Crippen LogP contribution is -2.50. The number of carbonyl (C=O) groups is 4. The Bertz CT molecular complexity index is 1320. The van der Waals surface area contributed by atoms with Crippen LogP contribution in [0.15, 0.2) is 30.5 Å². The maximum absolute atomic E-state index is 13.7. The van der Waals surface area contributed by atoms with E-state index in [2.05, 4.69) is 15.6 Å². The van der Waals surface area contributed by atoms with Gasteiger partial charge in [-0.2, -0.15) is 0 Å². The van der Waals surface area contributed by atoms with Crippen molar-refractivity contribution in [2.75, 3.05) is 32.2 Å². The summed E-state index contributed by atoms with van der Waals surface area (Å²) in [6, 6.07) is 6.05. The second-order valence-corrected chi connectivity index (χ2v) is 11.8. The van der Waals surface area contributed by atoms with Crippen LogP contribution < -0.4 is 15.4 Å². The minimum absolute atomic E-state index is 0.00323. The van der Waals surface area contributed by atoms with E-state index in [0.29, 0.717) is 42.4 Å². The minimum Gasteiger partial charge on any atom is -0.496 e. The van der Waals surface area contributed by atoms with Gasteiger partial charge in [0.2, 0.25) is 11.8 Å². The number of amides is 3. The quantitative estimate of drug-likeness (QED) is 0.437. The Hall–Kier alpha value is -3.70. The Morgan fingerprint density at radius 3 is 2.50 bits per heavy atom. The molecule has 12 heteroatoms. The van der Waals surface area contributed by atoms with Crippen molar-refractivity contribution in [2.24, 2.45) is 0 Å². The highest BCUT2D eigenvalue weighted by atomic mass is 35.5. The molecule has 226 valence electrons. The van der Waals surface area contributed by atoms with E-state index in [1.807, 2.05) is 4.90 Å². The number of benzene rings is 1. The first-order valence-electron chi connectivity index (χ1n) is 14.0. The number of hydrogen-bond donors (Lipinski definition) is 2. The average molecular weight is 601 g/mol. The molecular weight excluding hydrogens is 564 g/mol. The van der Waals surface area contributed by atoms with Gasteiger partial charge < -0.3 is 29.7 Å². The van der Waals surface area contributed by atoms with E-state index in [-0.39, 0.29) is 47.9 Å². The smallest absolute Gasteiger partial charge is 0.338 e. The fourth-order valence-electron chi connectivity index (χ4n) is 5.18. The summed E-state index contributed by atoms with van der Waals surface area (Å²) in [5.41, 5.74) is -0.163. The van der Waals surface area contributed by atoms with Gasteiger partial charge in [-0.3, -0.25) is 14.4 Å². The summed E-state index contributed by atoms with van der Waals surface area (Å²) in [6.07, 6.45) is 4.07. The van der Waals surface area contributed by atoms with Crippen LogP contribution in [0.1, 0.15) is 72.7 Å². The normalized spacial score (nSPS) is 19.2. The Labute approximate surface area is 250 Å². The molecule has 11 nitrogen and oxygen atoms in total. The molecule has 1 saturated carbocycles. The molecule has 1 saturated heterocycles. The van der Waals surface area contributed by atoms with Gasteiger partial charge in [0.1, 0.15) is 23.8 Å². The average Bonchev–Trinajstić information content (AvgIpc) is 2.94. The van der Waals surface area contributed by atoms with Crippen LogP contribution in [0.3, 0.4) is 0 Å². The Morgan fingerprint density at radius 1 is 1.14 bits per heavy atom. The summed E-state index contributed by atoms with van der Waals surface area (Å²) in [6.45, 7) is 6.47. The van der Waals surface area contributed by atoms with E-state index >= 15 is 0 Å². The number of ether oxygens (including phenoxy) is 3. The molecule has 0 spiro atoms. The minimum atomic E-state index is -0.753. The number of rotatable bonds is 8. The molecule has 2 N–H and O–H groups in total. The summed E-state index contributed by atoms with van der Waals surface area (Å²) < 4.78 is 16.3. The predicted molar refractivity (Wildman–Crippen MR) is 156 cm³/mol. The van der Waals surface area contributed by atoms with Crippen LogP contribution in [0.25, 0.3) is 0 Å². The van der Waals surface area contributed by atoms with Crippen molar-refractivity contribution >= 4 is 41.1 Å². The van der Waals surface area contributed by atoms with Crippen LogP contribution in [-0.2, 0) is 25.5 Å². The molecule has 2 aliphatic rings. The number of nitrogens with one attached hydrogen (secondary N) is 2. The highest BCUT2D eigenvalue weighted by Crippen LogP contribution is 2.29. The van der Waals surface area contributed by atoms with Crippen LogP contribution in [0, 0.1) is 0 Å². The largest absolute Gasteiger partial charge is 0.496 e. The third-order valence-electron chi connectivity index (χ3n) is 7.14. The van der Waals surface area contributed by atoms with Gasteiger partial charge in [-0.1, -0.05) is 11.6 Å². The zero-order valence-electron chi connectivity index (χ0n) is 24.3. The van der Waals surface area contributed by atoms with E-state index < -0.39 is 23.4 Å². The number of esters is 1. The lowest BCUT2D eigenvalue weighted by Gasteiger charge is -2.39. The standard InChI is InChI=1S/C30H37ClN4O7/c1-30(2,3)42-29(39)18-13-23(22(24(14-18)40-4)15-26(36)34-25-10-5-19(31)16-32-25)28(38)33-20-6-8-21(9-7-20)35-11-12-41-17-27(35)37/h5,10,13-14,16,20-21H,6-9,11-12,15,17H2,1-4H3,(H,33,38)(H,32,34,36). The maximum atomic E-state index is 13.7. The summed E-state index contributed by atoms with van der Waals surface area (Å²) in [5.74, 6) is -0.981.